The van der Waals surface area contributed by atoms with E-state index in [0.29, 0.717) is 5.02 Å². The highest BCUT2D eigenvalue weighted by atomic mass is 79.9. The summed E-state index contributed by atoms with van der Waals surface area (Å²) in [6.45, 7) is 6.27. The van der Waals surface area contributed by atoms with Crippen LogP contribution in [0.3, 0.4) is 0 Å². The van der Waals surface area contributed by atoms with E-state index in [1.807, 2.05) is 12.1 Å². The van der Waals surface area contributed by atoms with Crippen molar-refractivity contribution >= 4 is 38.6 Å². The second-order valence-corrected chi connectivity index (χ2v) is 6.54. The van der Waals surface area contributed by atoms with Crippen molar-refractivity contribution in [1.29, 1.82) is 0 Å². The molecule has 0 amide bonds. The summed E-state index contributed by atoms with van der Waals surface area (Å²) < 4.78 is 0.878. The first kappa shape index (κ1) is 12.9. The maximum absolute atomic E-state index is 6.18. The van der Waals surface area contributed by atoms with Crippen LogP contribution in [0.15, 0.2) is 16.6 Å². The van der Waals surface area contributed by atoms with E-state index in [4.69, 9.17) is 17.3 Å². The topological polar surface area (TPSA) is 54.7 Å². The lowest BCUT2D eigenvalue weighted by Gasteiger charge is -2.24. The number of aromatic nitrogens is 2. The Balaban J connectivity index is 2.56. The molecule has 2 rings (SSSR count). The van der Waals surface area contributed by atoms with E-state index in [1.165, 1.54) is 0 Å². The Morgan fingerprint density at radius 2 is 2.06 bits per heavy atom. The smallest absolute Gasteiger partial charge is 0.124 e. The van der Waals surface area contributed by atoms with E-state index >= 15 is 0 Å². The summed E-state index contributed by atoms with van der Waals surface area (Å²) >= 11 is 9.45. The zero-order valence-electron chi connectivity index (χ0n) is 10.0. The molecule has 1 aromatic heterocycles. The zero-order valence-corrected chi connectivity index (χ0v) is 12.4. The molecular formula is C12H15BrClN3. The molecule has 2 aromatic rings. The second kappa shape index (κ2) is 4.26. The molecule has 0 saturated heterocycles. The summed E-state index contributed by atoms with van der Waals surface area (Å²) in [5.74, 6) is 0.787. The molecule has 1 unspecified atom stereocenters. The van der Waals surface area contributed by atoms with Gasteiger partial charge in [-0.05, 0) is 33.5 Å². The number of rotatable bonds is 1. The lowest BCUT2D eigenvalue weighted by Crippen LogP contribution is -2.27. The van der Waals surface area contributed by atoms with Gasteiger partial charge in [0.15, 0.2) is 0 Å². The quantitative estimate of drug-likeness (QED) is 0.834. The van der Waals surface area contributed by atoms with Crippen LogP contribution < -0.4 is 5.73 Å². The summed E-state index contributed by atoms with van der Waals surface area (Å²) in [5, 5.41) is 0.670. The number of halogens is 2. The van der Waals surface area contributed by atoms with Gasteiger partial charge in [0.05, 0.1) is 11.6 Å². The van der Waals surface area contributed by atoms with Crippen LogP contribution in [0.1, 0.15) is 32.6 Å². The average Bonchev–Trinajstić information content (AvgIpc) is 2.58. The molecule has 3 nitrogen and oxygen atoms in total. The number of hydrogen-bond acceptors (Lipinski definition) is 2. The van der Waals surface area contributed by atoms with Crippen molar-refractivity contribution in [3.05, 3.63) is 27.5 Å². The van der Waals surface area contributed by atoms with Crippen molar-refractivity contribution < 1.29 is 0 Å². The van der Waals surface area contributed by atoms with Crippen LogP contribution in [0.5, 0.6) is 0 Å². The van der Waals surface area contributed by atoms with E-state index in [-0.39, 0.29) is 11.5 Å². The molecule has 92 valence electrons. The van der Waals surface area contributed by atoms with E-state index in [9.17, 15) is 0 Å². The fraction of sp³-hybridized carbons (Fsp3) is 0.417. The number of nitrogens with two attached hydrogens (primary N) is 1. The van der Waals surface area contributed by atoms with Crippen LogP contribution in [0, 0.1) is 5.41 Å². The van der Waals surface area contributed by atoms with Crippen molar-refractivity contribution in [3.8, 4) is 0 Å². The molecular weight excluding hydrogens is 302 g/mol. The number of nitrogens with one attached hydrogen (secondary N) is 1. The normalized spacial score (nSPS) is 14.2. The maximum atomic E-state index is 6.18. The number of nitrogens with zero attached hydrogens (tertiary/aromatic N) is 1. The Bertz CT molecular complexity index is 557. The number of benzene rings is 1. The van der Waals surface area contributed by atoms with Crippen LogP contribution in [0.25, 0.3) is 11.0 Å². The fourth-order valence-corrected chi connectivity index (χ4v) is 2.52. The van der Waals surface area contributed by atoms with Crippen LogP contribution >= 0.6 is 27.5 Å². The van der Waals surface area contributed by atoms with Gasteiger partial charge in [0.1, 0.15) is 11.3 Å². The van der Waals surface area contributed by atoms with Crippen molar-refractivity contribution in [1.82, 2.24) is 9.97 Å². The van der Waals surface area contributed by atoms with Gasteiger partial charge in [-0.1, -0.05) is 32.4 Å². The number of aromatic amines is 1. The SMILES string of the molecule is CC(C)(C)C(N)c1nc2c(Br)cc(Cl)cc2[nH]1. The van der Waals surface area contributed by atoms with Crippen LogP contribution in [-0.2, 0) is 0 Å². The molecule has 1 atom stereocenters. The minimum atomic E-state index is -0.138. The van der Waals surface area contributed by atoms with Gasteiger partial charge in [-0.3, -0.25) is 0 Å². The van der Waals surface area contributed by atoms with Gasteiger partial charge in [-0.15, -0.1) is 0 Å². The monoisotopic (exact) mass is 315 g/mol. The number of fused-ring (bicyclic) bond motifs is 1. The van der Waals surface area contributed by atoms with Gasteiger partial charge in [0.25, 0.3) is 0 Å². The van der Waals surface area contributed by atoms with Crippen LogP contribution in [-0.4, -0.2) is 9.97 Å². The highest BCUT2D eigenvalue weighted by Crippen LogP contribution is 2.32. The Morgan fingerprint density at radius 1 is 1.41 bits per heavy atom. The van der Waals surface area contributed by atoms with Crippen molar-refractivity contribution in [3.63, 3.8) is 0 Å². The molecule has 1 heterocycles. The standard InChI is InChI=1S/C12H15BrClN3/c1-12(2,3)10(15)11-16-8-5-6(14)4-7(13)9(8)17-11/h4-5,10H,15H2,1-3H3,(H,16,17). The molecule has 0 spiro atoms. The summed E-state index contributed by atoms with van der Waals surface area (Å²) in [5.41, 5.74) is 7.91. The molecule has 17 heavy (non-hydrogen) atoms. The van der Waals surface area contributed by atoms with Gasteiger partial charge < -0.3 is 10.7 Å². The molecule has 0 fully saturated rings. The Morgan fingerprint density at radius 3 is 2.65 bits per heavy atom. The molecule has 3 N–H and O–H groups in total. The number of H-pyrrole nitrogens is 1. The first-order valence-corrected chi connectivity index (χ1v) is 6.56. The molecule has 0 saturated carbocycles. The molecule has 0 aliphatic heterocycles. The first-order chi connectivity index (χ1) is 7.79. The number of imidazole rings is 1. The third kappa shape index (κ3) is 2.49. The molecule has 1 aromatic carbocycles. The third-order valence-corrected chi connectivity index (χ3v) is 3.57. The Kier molecular flexibility index (Phi) is 3.23. The Hall–Kier alpha value is -0.580. The van der Waals surface area contributed by atoms with Crippen molar-refractivity contribution in [2.45, 2.75) is 26.8 Å². The van der Waals surface area contributed by atoms with Gasteiger partial charge in [-0.25, -0.2) is 4.98 Å². The predicted molar refractivity (Wildman–Crippen MR) is 75.2 cm³/mol. The van der Waals surface area contributed by atoms with Gasteiger partial charge in [-0.2, -0.15) is 0 Å². The van der Waals surface area contributed by atoms with Crippen molar-refractivity contribution in [2.75, 3.05) is 0 Å². The molecule has 0 bridgehead atoms. The maximum Gasteiger partial charge on any atom is 0.124 e. The number of hydrogen-bond donors (Lipinski definition) is 2. The Labute approximate surface area is 114 Å². The minimum absolute atomic E-state index is 0.0376. The van der Waals surface area contributed by atoms with E-state index in [2.05, 4.69) is 46.7 Å². The van der Waals surface area contributed by atoms with Crippen LogP contribution in [0.2, 0.25) is 5.02 Å². The van der Waals surface area contributed by atoms with E-state index < -0.39 is 0 Å². The molecule has 5 heteroatoms. The van der Waals surface area contributed by atoms with Gasteiger partial charge in [0, 0.05) is 9.50 Å². The van der Waals surface area contributed by atoms with Crippen LogP contribution in [0.4, 0.5) is 0 Å². The third-order valence-electron chi connectivity index (χ3n) is 2.75. The highest BCUT2D eigenvalue weighted by molar-refractivity contribution is 9.10. The molecule has 0 radical (unpaired) electrons. The largest absolute Gasteiger partial charge is 0.341 e. The van der Waals surface area contributed by atoms with Gasteiger partial charge >= 0.3 is 0 Å². The predicted octanol–water partition coefficient (Wildman–Crippen LogP) is 4.02. The molecule has 0 aliphatic carbocycles. The zero-order chi connectivity index (χ0) is 12.8. The lowest BCUT2D eigenvalue weighted by atomic mass is 9.87. The van der Waals surface area contributed by atoms with E-state index in [0.717, 1.165) is 21.3 Å². The summed E-state index contributed by atoms with van der Waals surface area (Å²) in [6.07, 6.45) is 0. The van der Waals surface area contributed by atoms with E-state index in [1.54, 1.807) is 0 Å². The minimum Gasteiger partial charge on any atom is -0.341 e. The average molecular weight is 317 g/mol. The lowest BCUT2D eigenvalue weighted by molar-refractivity contribution is 0.317. The second-order valence-electron chi connectivity index (χ2n) is 5.25. The highest BCUT2D eigenvalue weighted by Gasteiger charge is 2.25. The summed E-state index contributed by atoms with van der Waals surface area (Å²) in [4.78, 5) is 7.77. The summed E-state index contributed by atoms with van der Waals surface area (Å²) in [6, 6.07) is 3.55. The first-order valence-electron chi connectivity index (χ1n) is 5.39. The molecule has 0 aliphatic rings. The summed E-state index contributed by atoms with van der Waals surface area (Å²) in [7, 11) is 0. The van der Waals surface area contributed by atoms with Gasteiger partial charge in [0.2, 0.25) is 0 Å². The fourth-order valence-electron chi connectivity index (χ4n) is 1.62. The van der Waals surface area contributed by atoms with Crippen molar-refractivity contribution in [2.24, 2.45) is 11.1 Å².